The van der Waals surface area contributed by atoms with Crippen LogP contribution < -0.4 is 0 Å². The minimum Gasteiger partial charge on any atom is -0.143 e. The average Bonchev–Trinajstić information content (AvgIpc) is 2.49. The van der Waals surface area contributed by atoms with E-state index in [0.29, 0.717) is 0 Å². The molecule has 2 fully saturated rings. The second-order valence-electron chi connectivity index (χ2n) is 6.45. The zero-order chi connectivity index (χ0) is 13.1. The molecule has 1 heteroatoms. The van der Waals surface area contributed by atoms with Crippen LogP contribution in [0.2, 0.25) is 0 Å². The highest BCUT2D eigenvalue weighted by Gasteiger charge is 2.25. The molecule has 104 valence electrons. The van der Waals surface area contributed by atoms with Crippen LogP contribution in [-0.4, -0.2) is 0 Å². The first-order valence-electron chi connectivity index (χ1n) is 8.18. The van der Waals surface area contributed by atoms with E-state index in [1.807, 2.05) is 0 Å². The van der Waals surface area contributed by atoms with Gasteiger partial charge in [-0.2, -0.15) is 0 Å². The largest absolute Gasteiger partial charge is 0.143 e. The van der Waals surface area contributed by atoms with Crippen LogP contribution in [0.1, 0.15) is 87.2 Å². The molecule has 0 N–H and O–H groups in total. The van der Waals surface area contributed by atoms with Gasteiger partial charge in [-0.1, -0.05) is 50.7 Å². The van der Waals surface area contributed by atoms with Gasteiger partial charge >= 0.3 is 0 Å². The lowest BCUT2D eigenvalue weighted by molar-refractivity contribution is 0.415. The molecule has 0 radical (unpaired) electrons. The lowest BCUT2D eigenvalue weighted by Gasteiger charge is -2.30. The zero-order valence-electron chi connectivity index (χ0n) is 11.9. The van der Waals surface area contributed by atoms with Gasteiger partial charge in [0.1, 0.15) is 0 Å². The number of benzene rings is 1. The van der Waals surface area contributed by atoms with E-state index in [4.69, 9.17) is 12.6 Å². The summed E-state index contributed by atoms with van der Waals surface area (Å²) in [7, 11) is 0. The van der Waals surface area contributed by atoms with Crippen molar-refractivity contribution in [1.82, 2.24) is 0 Å². The van der Waals surface area contributed by atoms with Gasteiger partial charge in [0, 0.05) is 4.90 Å². The molecule has 0 aliphatic heterocycles. The first kappa shape index (κ1) is 13.5. The van der Waals surface area contributed by atoms with Crippen LogP contribution in [0.3, 0.4) is 0 Å². The van der Waals surface area contributed by atoms with Gasteiger partial charge in [0.15, 0.2) is 0 Å². The molecule has 2 saturated carbocycles. The van der Waals surface area contributed by atoms with Gasteiger partial charge in [0.2, 0.25) is 0 Å². The SMILES string of the molecule is Sc1cccc(C2CCCCC2)c1C1CCCCC1. The van der Waals surface area contributed by atoms with Crippen LogP contribution in [-0.2, 0) is 0 Å². The van der Waals surface area contributed by atoms with Crippen LogP contribution in [0.4, 0.5) is 0 Å². The van der Waals surface area contributed by atoms with Crippen molar-refractivity contribution in [1.29, 1.82) is 0 Å². The van der Waals surface area contributed by atoms with Crippen molar-refractivity contribution in [3.63, 3.8) is 0 Å². The van der Waals surface area contributed by atoms with Gasteiger partial charge in [-0.3, -0.25) is 0 Å². The highest BCUT2D eigenvalue weighted by atomic mass is 32.1. The smallest absolute Gasteiger partial charge is 0.00777 e. The summed E-state index contributed by atoms with van der Waals surface area (Å²) in [6.07, 6.45) is 14.1. The zero-order valence-corrected chi connectivity index (χ0v) is 12.8. The van der Waals surface area contributed by atoms with E-state index >= 15 is 0 Å². The lowest BCUT2D eigenvalue weighted by atomic mass is 9.76. The molecule has 0 bridgehead atoms. The fraction of sp³-hybridized carbons (Fsp3) is 0.667. The first-order chi connectivity index (χ1) is 9.36. The molecular weight excluding hydrogens is 248 g/mol. The molecule has 0 amide bonds. The Balaban J connectivity index is 1.91. The first-order valence-corrected chi connectivity index (χ1v) is 8.63. The fourth-order valence-electron chi connectivity index (χ4n) is 4.18. The molecule has 0 unspecified atom stereocenters. The number of hydrogen-bond acceptors (Lipinski definition) is 1. The van der Waals surface area contributed by atoms with Crippen molar-refractivity contribution in [2.24, 2.45) is 0 Å². The van der Waals surface area contributed by atoms with Crippen molar-refractivity contribution in [2.75, 3.05) is 0 Å². The Morgan fingerprint density at radius 1 is 0.737 bits per heavy atom. The summed E-state index contributed by atoms with van der Waals surface area (Å²) in [6, 6.07) is 6.83. The molecule has 0 nitrogen and oxygen atoms in total. The summed E-state index contributed by atoms with van der Waals surface area (Å²) < 4.78 is 0. The Labute approximate surface area is 123 Å². The summed E-state index contributed by atoms with van der Waals surface area (Å²) in [5.74, 6) is 1.61. The molecule has 0 atom stereocenters. The van der Waals surface area contributed by atoms with Crippen LogP contribution in [0.15, 0.2) is 23.1 Å². The molecule has 1 aromatic carbocycles. The Morgan fingerprint density at radius 3 is 1.95 bits per heavy atom. The number of thiol groups is 1. The van der Waals surface area contributed by atoms with E-state index in [0.717, 1.165) is 11.8 Å². The molecule has 19 heavy (non-hydrogen) atoms. The van der Waals surface area contributed by atoms with Crippen molar-refractivity contribution in [3.8, 4) is 0 Å². The van der Waals surface area contributed by atoms with E-state index < -0.39 is 0 Å². The van der Waals surface area contributed by atoms with E-state index in [1.54, 1.807) is 11.1 Å². The van der Waals surface area contributed by atoms with E-state index in [2.05, 4.69) is 18.2 Å². The maximum atomic E-state index is 4.80. The third kappa shape index (κ3) is 3.02. The van der Waals surface area contributed by atoms with Crippen LogP contribution in [0.25, 0.3) is 0 Å². The van der Waals surface area contributed by atoms with Crippen molar-refractivity contribution in [3.05, 3.63) is 29.3 Å². The Bertz CT molecular complexity index is 412. The van der Waals surface area contributed by atoms with Crippen LogP contribution in [0.5, 0.6) is 0 Å². The molecule has 2 aliphatic rings. The number of rotatable bonds is 2. The normalized spacial score (nSPS) is 22.6. The summed E-state index contributed by atoms with van der Waals surface area (Å²) >= 11 is 4.80. The predicted octanol–water partition coefficient (Wildman–Crippen LogP) is 6.07. The van der Waals surface area contributed by atoms with Gasteiger partial charge in [-0.25, -0.2) is 0 Å². The van der Waals surface area contributed by atoms with E-state index in [9.17, 15) is 0 Å². The molecule has 0 aromatic heterocycles. The van der Waals surface area contributed by atoms with Gasteiger partial charge < -0.3 is 0 Å². The maximum Gasteiger partial charge on any atom is 0.00777 e. The quantitative estimate of drug-likeness (QED) is 0.622. The van der Waals surface area contributed by atoms with Crippen molar-refractivity contribution >= 4 is 12.6 Å². The summed E-state index contributed by atoms with van der Waals surface area (Å²) in [6.45, 7) is 0. The fourth-order valence-corrected chi connectivity index (χ4v) is 4.57. The second-order valence-corrected chi connectivity index (χ2v) is 6.93. The molecule has 0 saturated heterocycles. The summed E-state index contributed by atoms with van der Waals surface area (Å²) in [4.78, 5) is 1.26. The Kier molecular flexibility index (Phi) is 4.53. The predicted molar refractivity (Wildman–Crippen MR) is 85.3 cm³/mol. The minimum absolute atomic E-state index is 0.791. The molecule has 2 aliphatic carbocycles. The van der Waals surface area contributed by atoms with Crippen molar-refractivity contribution in [2.45, 2.75) is 80.9 Å². The molecular formula is C18H26S. The van der Waals surface area contributed by atoms with Gasteiger partial charge in [0.25, 0.3) is 0 Å². The van der Waals surface area contributed by atoms with Crippen LogP contribution >= 0.6 is 12.6 Å². The monoisotopic (exact) mass is 274 g/mol. The minimum atomic E-state index is 0.791. The van der Waals surface area contributed by atoms with E-state index in [-0.39, 0.29) is 0 Å². The molecule has 0 heterocycles. The third-order valence-corrected chi connectivity index (χ3v) is 5.57. The molecule has 3 rings (SSSR count). The van der Waals surface area contributed by atoms with Gasteiger partial charge in [0.05, 0.1) is 0 Å². The third-order valence-electron chi connectivity index (χ3n) is 5.18. The summed E-state index contributed by atoms with van der Waals surface area (Å²) in [5, 5.41) is 0. The molecule has 1 aromatic rings. The maximum absolute atomic E-state index is 4.80. The average molecular weight is 274 g/mol. The van der Waals surface area contributed by atoms with Gasteiger partial charge in [-0.05, 0) is 54.7 Å². The lowest BCUT2D eigenvalue weighted by Crippen LogP contribution is -2.13. The second kappa shape index (κ2) is 6.35. The van der Waals surface area contributed by atoms with Gasteiger partial charge in [-0.15, -0.1) is 12.6 Å². The highest BCUT2D eigenvalue weighted by molar-refractivity contribution is 7.80. The van der Waals surface area contributed by atoms with Crippen LogP contribution in [0, 0.1) is 0 Å². The Hall–Kier alpha value is -0.430. The highest BCUT2D eigenvalue weighted by Crippen LogP contribution is 2.43. The Morgan fingerprint density at radius 2 is 1.32 bits per heavy atom. The van der Waals surface area contributed by atoms with Crippen molar-refractivity contribution < 1.29 is 0 Å². The standard InChI is InChI=1S/C18H26S/c19-17-13-7-12-16(14-8-3-1-4-9-14)18(17)15-10-5-2-6-11-15/h7,12-15,19H,1-6,8-11H2. The molecule has 0 spiro atoms. The topological polar surface area (TPSA) is 0 Å². The summed E-state index contributed by atoms with van der Waals surface area (Å²) in [5.41, 5.74) is 3.27. The van der Waals surface area contributed by atoms with E-state index in [1.165, 1.54) is 69.1 Å². The number of hydrogen-bond donors (Lipinski definition) is 1.